The van der Waals surface area contributed by atoms with Gasteiger partial charge in [0.2, 0.25) is 0 Å². The molecule has 0 heterocycles. The van der Waals surface area contributed by atoms with Crippen molar-refractivity contribution in [2.24, 2.45) is 11.7 Å². The summed E-state index contributed by atoms with van der Waals surface area (Å²) in [5.41, 5.74) is 6.99. The van der Waals surface area contributed by atoms with Gasteiger partial charge in [0.1, 0.15) is 0 Å². The van der Waals surface area contributed by atoms with Crippen LogP contribution in [-0.4, -0.2) is 17.3 Å². The number of aliphatic hydroxyl groups is 1. The SMILES string of the molecule is CC(C)[C@@H](N)C(O)Cc1ccccc1. The molecule has 0 aliphatic rings. The Morgan fingerprint density at radius 2 is 1.79 bits per heavy atom. The standard InChI is InChI=1S/C12H19NO/c1-9(2)12(13)11(14)8-10-6-4-3-5-7-10/h3-7,9,11-12,14H,8,13H2,1-2H3/t11?,12-/m1/s1. The molecule has 0 saturated carbocycles. The lowest BCUT2D eigenvalue weighted by Crippen LogP contribution is -2.40. The van der Waals surface area contributed by atoms with Crippen LogP contribution in [0.2, 0.25) is 0 Å². The molecule has 3 N–H and O–H groups in total. The highest BCUT2D eigenvalue weighted by molar-refractivity contribution is 5.15. The Bertz CT molecular complexity index is 258. The van der Waals surface area contributed by atoms with E-state index < -0.39 is 6.10 Å². The molecule has 78 valence electrons. The minimum absolute atomic E-state index is 0.143. The molecule has 2 atom stereocenters. The molecule has 0 saturated heterocycles. The maximum atomic E-state index is 9.82. The summed E-state index contributed by atoms with van der Waals surface area (Å²) in [6.07, 6.45) is 0.192. The fraction of sp³-hybridized carbons (Fsp3) is 0.500. The van der Waals surface area contributed by atoms with Gasteiger partial charge >= 0.3 is 0 Å². The highest BCUT2D eigenvalue weighted by atomic mass is 16.3. The van der Waals surface area contributed by atoms with Gasteiger partial charge in [-0.05, 0) is 17.9 Å². The van der Waals surface area contributed by atoms with Crippen molar-refractivity contribution in [3.63, 3.8) is 0 Å². The van der Waals surface area contributed by atoms with Gasteiger partial charge in [0.25, 0.3) is 0 Å². The Hall–Kier alpha value is -0.860. The van der Waals surface area contributed by atoms with Crippen molar-refractivity contribution in [1.82, 2.24) is 0 Å². The molecule has 2 nitrogen and oxygen atoms in total. The van der Waals surface area contributed by atoms with Crippen LogP contribution in [0.4, 0.5) is 0 Å². The summed E-state index contributed by atoms with van der Waals surface area (Å²) in [4.78, 5) is 0. The van der Waals surface area contributed by atoms with Gasteiger partial charge in [-0.15, -0.1) is 0 Å². The lowest BCUT2D eigenvalue weighted by Gasteiger charge is -2.22. The van der Waals surface area contributed by atoms with Crippen LogP contribution in [0.1, 0.15) is 19.4 Å². The van der Waals surface area contributed by atoms with E-state index in [0.29, 0.717) is 12.3 Å². The summed E-state index contributed by atoms with van der Waals surface area (Å²) >= 11 is 0. The largest absolute Gasteiger partial charge is 0.391 e. The fourth-order valence-corrected chi connectivity index (χ4v) is 1.44. The average Bonchev–Trinajstić information content (AvgIpc) is 2.18. The molecule has 0 fully saturated rings. The third-order valence-corrected chi connectivity index (χ3v) is 2.50. The molecule has 0 radical (unpaired) electrons. The number of nitrogens with two attached hydrogens (primary N) is 1. The van der Waals surface area contributed by atoms with Crippen molar-refractivity contribution in [1.29, 1.82) is 0 Å². The van der Waals surface area contributed by atoms with Gasteiger partial charge in [-0.1, -0.05) is 44.2 Å². The summed E-state index contributed by atoms with van der Waals surface area (Å²) in [5, 5.41) is 9.82. The van der Waals surface area contributed by atoms with Gasteiger partial charge in [0, 0.05) is 6.04 Å². The first-order chi connectivity index (χ1) is 6.61. The molecule has 1 aromatic carbocycles. The lowest BCUT2D eigenvalue weighted by atomic mass is 9.95. The first-order valence-electron chi connectivity index (χ1n) is 5.09. The molecule has 0 aromatic heterocycles. The van der Waals surface area contributed by atoms with Crippen LogP contribution in [0.5, 0.6) is 0 Å². The number of benzene rings is 1. The van der Waals surface area contributed by atoms with Crippen molar-refractivity contribution in [3.05, 3.63) is 35.9 Å². The van der Waals surface area contributed by atoms with Crippen LogP contribution in [-0.2, 0) is 6.42 Å². The van der Waals surface area contributed by atoms with Gasteiger partial charge in [-0.2, -0.15) is 0 Å². The van der Waals surface area contributed by atoms with Crippen molar-refractivity contribution in [2.75, 3.05) is 0 Å². The molecule has 1 rings (SSSR count). The molecular formula is C12H19NO. The van der Waals surface area contributed by atoms with Crippen LogP contribution < -0.4 is 5.73 Å². The van der Waals surface area contributed by atoms with Gasteiger partial charge in [0.05, 0.1) is 6.10 Å². The smallest absolute Gasteiger partial charge is 0.0733 e. The molecule has 1 aromatic rings. The van der Waals surface area contributed by atoms with Crippen LogP contribution in [0, 0.1) is 5.92 Å². The van der Waals surface area contributed by atoms with Crippen LogP contribution in [0.3, 0.4) is 0 Å². The first kappa shape index (κ1) is 11.2. The quantitative estimate of drug-likeness (QED) is 0.762. The van der Waals surface area contributed by atoms with Gasteiger partial charge in [-0.25, -0.2) is 0 Å². The third kappa shape index (κ3) is 3.13. The molecule has 1 unspecified atom stereocenters. The molecule has 0 spiro atoms. The van der Waals surface area contributed by atoms with E-state index in [4.69, 9.17) is 5.73 Å². The zero-order valence-electron chi connectivity index (χ0n) is 8.85. The number of hydrogen-bond acceptors (Lipinski definition) is 2. The number of hydrogen-bond donors (Lipinski definition) is 2. The topological polar surface area (TPSA) is 46.2 Å². The lowest BCUT2D eigenvalue weighted by molar-refractivity contribution is 0.124. The summed E-state index contributed by atoms with van der Waals surface area (Å²) < 4.78 is 0. The predicted octanol–water partition coefficient (Wildman–Crippen LogP) is 1.57. The highest BCUT2D eigenvalue weighted by Gasteiger charge is 2.17. The Morgan fingerprint density at radius 1 is 1.21 bits per heavy atom. The van der Waals surface area contributed by atoms with Gasteiger partial charge in [0.15, 0.2) is 0 Å². The van der Waals surface area contributed by atoms with Crippen LogP contribution in [0.15, 0.2) is 30.3 Å². The maximum Gasteiger partial charge on any atom is 0.0733 e. The second-order valence-corrected chi connectivity index (χ2v) is 4.08. The summed E-state index contributed by atoms with van der Waals surface area (Å²) in [5.74, 6) is 0.314. The first-order valence-corrected chi connectivity index (χ1v) is 5.09. The zero-order chi connectivity index (χ0) is 10.6. The Morgan fingerprint density at radius 3 is 2.29 bits per heavy atom. The van der Waals surface area contributed by atoms with E-state index in [1.54, 1.807) is 0 Å². The van der Waals surface area contributed by atoms with Crippen molar-refractivity contribution in [3.8, 4) is 0 Å². The van der Waals surface area contributed by atoms with E-state index in [9.17, 15) is 5.11 Å². The highest BCUT2D eigenvalue weighted by Crippen LogP contribution is 2.09. The summed E-state index contributed by atoms with van der Waals surface area (Å²) in [6, 6.07) is 9.80. The van der Waals surface area contributed by atoms with Crippen molar-refractivity contribution >= 4 is 0 Å². The monoisotopic (exact) mass is 193 g/mol. The Kier molecular flexibility index (Phi) is 4.11. The third-order valence-electron chi connectivity index (χ3n) is 2.50. The minimum atomic E-state index is -0.447. The van der Waals surface area contributed by atoms with E-state index in [2.05, 4.69) is 0 Å². The molecule has 0 amide bonds. The van der Waals surface area contributed by atoms with Crippen LogP contribution >= 0.6 is 0 Å². The predicted molar refractivity (Wildman–Crippen MR) is 59.0 cm³/mol. The van der Waals surface area contributed by atoms with E-state index in [1.807, 2.05) is 44.2 Å². The molecular weight excluding hydrogens is 174 g/mol. The number of aliphatic hydroxyl groups excluding tert-OH is 1. The normalized spacial score (nSPS) is 15.5. The fourth-order valence-electron chi connectivity index (χ4n) is 1.44. The van der Waals surface area contributed by atoms with Crippen LogP contribution in [0.25, 0.3) is 0 Å². The van der Waals surface area contributed by atoms with E-state index in [0.717, 1.165) is 5.56 Å². The Balaban J connectivity index is 2.53. The summed E-state index contributed by atoms with van der Waals surface area (Å²) in [7, 11) is 0. The zero-order valence-corrected chi connectivity index (χ0v) is 8.85. The van der Waals surface area contributed by atoms with E-state index in [-0.39, 0.29) is 6.04 Å². The summed E-state index contributed by atoms with van der Waals surface area (Å²) in [6.45, 7) is 4.05. The molecule has 14 heavy (non-hydrogen) atoms. The van der Waals surface area contributed by atoms with Gasteiger partial charge < -0.3 is 10.8 Å². The maximum absolute atomic E-state index is 9.82. The molecule has 0 aliphatic heterocycles. The average molecular weight is 193 g/mol. The minimum Gasteiger partial charge on any atom is -0.391 e. The van der Waals surface area contributed by atoms with Gasteiger partial charge in [-0.3, -0.25) is 0 Å². The number of rotatable bonds is 4. The molecule has 0 aliphatic carbocycles. The van der Waals surface area contributed by atoms with E-state index in [1.165, 1.54) is 0 Å². The van der Waals surface area contributed by atoms with E-state index >= 15 is 0 Å². The Labute approximate surface area is 85.8 Å². The molecule has 0 bridgehead atoms. The second kappa shape index (κ2) is 5.13. The molecule has 2 heteroatoms. The van der Waals surface area contributed by atoms with Crippen molar-refractivity contribution in [2.45, 2.75) is 32.4 Å². The van der Waals surface area contributed by atoms with Crippen molar-refractivity contribution < 1.29 is 5.11 Å². The second-order valence-electron chi connectivity index (χ2n) is 4.08.